The van der Waals surface area contributed by atoms with Gasteiger partial charge in [0.25, 0.3) is 0 Å². The molecule has 0 N–H and O–H groups in total. The van der Waals surface area contributed by atoms with Gasteiger partial charge in [-0.2, -0.15) is 5.10 Å². The van der Waals surface area contributed by atoms with Gasteiger partial charge in [-0.15, -0.1) is 0 Å². The number of unbranched alkanes of at least 4 members (excludes halogenated alkanes) is 1. The lowest BCUT2D eigenvalue weighted by Gasteiger charge is -1.97. The summed E-state index contributed by atoms with van der Waals surface area (Å²) in [5.74, 6) is 0. The topological polar surface area (TPSA) is 47.2 Å². The fourth-order valence-corrected chi connectivity index (χ4v) is 0.943. The van der Waals surface area contributed by atoms with Crippen LogP contribution in [-0.4, -0.2) is 22.4 Å². The van der Waals surface area contributed by atoms with E-state index in [2.05, 4.69) is 10.1 Å². The van der Waals surface area contributed by atoms with Crippen molar-refractivity contribution in [2.24, 2.45) is 4.99 Å². The van der Waals surface area contributed by atoms with Crippen molar-refractivity contribution < 1.29 is 4.79 Å². The van der Waals surface area contributed by atoms with E-state index in [1.807, 2.05) is 16.9 Å². The zero-order valence-corrected chi connectivity index (χ0v) is 6.81. The van der Waals surface area contributed by atoms with Crippen LogP contribution < -0.4 is 0 Å². The largest absolute Gasteiger partial charge is 0.273 e. The van der Waals surface area contributed by atoms with Crippen molar-refractivity contribution in [3.63, 3.8) is 0 Å². The van der Waals surface area contributed by atoms with E-state index in [1.54, 1.807) is 6.20 Å². The fraction of sp³-hybridized carbons (Fsp3) is 0.500. The summed E-state index contributed by atoms with van der Waals surface area (Å²) in [4.78, 5) is 13.1. The molecule has 1 rings (SSSR count). The van der Waals surface area contributed by atoms with Gasteiger partial charge in [0.2, 0.25) is 6.08 Å². The summed E-state index contributed by atoms with van der Waals surface area (Å²) in [5, 5.41) is 4.04. The van der Waals surface area contributed by atoms with Gasteiger partial charge in [0, 0.05) is 18.9 Å². The molecular weight excluding hydrogens is 154 g/mol. The molecule has 0 aromatic carbocycles. The number of rotatable bonds is 5. The Balaban J connectivity index is 2.07. The summed E-state index contributed by atoms with van der Waals surface area (Å²) in [6.07, 6.45) is 7.09. The van der Waals surface area contributed by atoms with Crippen LogP contribution in [0.3, 0.4) is 0 Å². The predicted molar refractivity (Wildman–Crippen MR) is 44.4 cm³/mol. The molecule has 0 unspecified atom stereocenters. The van der Waals surface area contributed by atoms with Crippen LogP contribution in [-0.2, 0) is 11.3 Å². The fourth-order valence-electron chi connectivity index (χ4n) is 0.943. The summed E-state index contributed by atoms with van der Waals surface area (Å²) < 4.78 is 1.87. The first kappa shape index (κ1) is 8.68. The van der Waals surface area contributed by atoms with E-state index >= 15 is 0 Å². The Morgan fingerprint density at radius 2 is 2.42 bits per heavy atom. The van der Waals surface area contributed by atoms with Gasteiger partial charge in [-0.25, -0.2) is 9.79 Å². The molecule has 4 nitrogen and oxygen atoms in total. The van der Waals surface area contributed by atoms with E-state index < -0.39 is 0 Å². The summed E-state index contributed by atoms with van der Waals surface area (Å²) in [5.41, 5.74) is 0. The van der Waals surface area contributed by atoms with Crippen molar-refractivity contribution in [2.75, 3.05) is 6.54 Å². The van der Waals surface area contributed by atoms with Crippen molar-refractivity contribution in [3.8, 4) is 0 Å². The van der Waals surface area contributed by atoms with Gasteiger partial charge < -0.3 is 0 Å². The van der Waals surface area contributed by atoms with Crippen LogP contribution in [0.15, 0.2) is 23.5 Å². The van der Waals surface area contributed by atoms with E-state index in [1.165, 1.54) is 6.08 Å². The second-order valence-corrected chi connectivity index (χ2v) is 2.45. The lowest BCUT2D eigenvalue weighted by atomic mass is 10.3. The number of isocyanates is 1. The lowest BCUT2D eigenvalue weighted by molar-refractivity contribution is 0.551. The van der Waals surface area contributed by atoms with Crippen molar-refractivity contribution in [1.29, 1.82) is 0 Å². The molecule has 0 amide bonds. The molecule has 1 aromatic heterocycles. The Morgan fingerprint density at radius 3 is 3.08 bits per heavy atom. The maximum Gasteiger partial charge on any atom is 0.234 e. The second-order valence-electron chi connectivity index (χ2n) is 2.45. The Morgan fingerprint density at radius 1 is 1.50 bits per heavy atom. The average molecular weight is 165 g/mol. The van der Waals surface area contributed by atoms with Crippen molar-refractivity contribution >= 4 is 6.08 Å². The molecule has 0 aliphatic rings. The number of hydrogen-bond donors (Lipinski definition) is 0. The zero-order chi connectivity index (χ0) is 8.65. The highest BCUT2D eigenvalue weighted by molar-refractivity contribution is 5.32. The van der Waals surface area contributed by atoms with Crippen LogP contribution in [0.1, 0.15) is 12.8 Å². The quantitative estimate of drug-likeness (QED) is 0.371. The van der Waals surface area contributed by atoms with Gasteiger partial charge in [0.15, 0.2) is 0 Å². The highest BCUT2D eigenvalue weighted by Crippen LogP contribution is 1.93. The van der Waals surface area contributed by atoms with Crippen LogP contribution in [0.5, 0.6) is 0 Å². The van der Waals surface area contributed by atoms with E-state index in [9.17, 15) is 4.79 Å². The van der Waals surface area contributed by atoms with Gasteiger partial charge in [0.05, 0.1) is 6.54 Å². The van der Waals surface area contributed by atoms with Crippen molar-refractivity contribution in [3.05, 3.63) is 18.5 Å². The first-order valence-electron chi connectivity index (χ1n) is 3.94. The van der Waals surface area contributed by atoms with Gasteiger partial charge in [0.1, 0.15) is 0 Å². The van der Waals surface area contributed by atoms with Crippen molar-refractivity contribution in [1.82, 2.24) is 9.78 Å². The second kappa shape index (κ2) is 5.27. The Bertz CT molecular complexity index is 249. The molecule has 0 saturated heterocycles. The summed E-state index contributed by atoms with van der Waals surface area (Å²) in [7, 11) is 0. The smallest absolute Gasteiger partial charge is 0.234 e. The monoisotopic (exact) mass is 165 g/mol. The predicted octanol–water partition coefficient (Wildman–Crippen LogP) is 0.999. The Hall–Kier alpha value is -1.41. The normalized spacial score (nSPS) is 9.33. The molecule has 0 fully saturated rings. The third-order valence-electron chi connectivity index (χ3n) is 1.53. The van der Waals surface area contributed by atoms with Gasteiger partial charge in [-0.1, -0.05) is 0 Å². The molecule has 12 heavy (non-hydrogen) atoms. The third kappa shape index (κ3) is 3.12. The number of aryl methyl sites for hydroxylation is 1. The molecule has 1 aromatic rings. The SMILES string of the molecule is O=C=NCCCCn1cccn1. The van der Waals surface area contributed by atoms with Crippen LogP contribution in [0.2, 0.25) is 0 Å². The molecule has 0 aliphatic carbocycles. The van der Waals surface area contributed by atoms with E-state index in [4.69, 9.17) is 0 Å². The molecule has 1 heterocycles. The van der Waals surface area contributed by atoms with Gasteiger partial charge in [-0.3, -0.25) is 4.68 Å². The minimum Gasteiger partial charge on any atom is -0.273 e. The maximum atomic E-state index is 9.69. The van der Waals surface area contributed by atoms with Crippen LogP contribution in [0.25, 0.3) is 0 Å². The molecule has 0 aliphatic heterocycles. The minimum absolute atomic E-state index is 0.574. The molecule has 0 saturated carbocycles. The molecule has 0 atom stereocenters. The number of aromatic nitrogens is 2. The summed E-state index contributed by atoms with van der Waals surface area (Å²) in [6.45, 7) is 1.46. The first-order chi connectivity index (χ1) is 5.93. The zero-order valence-electron chi connectivity index (χ0n) is 6.81. The third-order valence-corrected chi connectivity index (χ3v) is 1.53. The molecule has 0 bridgehead atoms. The molecule has 4 heteroatoms. The summed E-state index contributed by atoms with van der Waals surface area (Å²) >= 11 is 0. The van der Waals surface area contributed by atoms with Crippen LogP contribution in [0, 0.1) is 0 Å². The van der Waals surface area contributed by atoms with E-state index in [-0.39, 0.29) is 0 Å². The van der Waals surface area contributed by atoms with Gasteiger partial charge >= 0.3 is 0 Å². The Labute approximate surface area is 70.9 Å². The van der Waals surface area contributed by atoms with E-state index in [0.717, 1.165) is 19.4 Å². The number of carbonyl (C=O) groups excluding carboxylic acids is 1. The average Bonchev–Trinajstić information content (AvgIpc) is 2.57. The van der Waals surface area contributed by atoms with Crippen molar-refractivity contribution in [2.45, 2.75) is 19.4 Å². The molecule has 0 radical (unpaired) electrons. The van der Waals surface area contributed by atoms with Gasteiger partial charge in [-0.05, 0) is 18.9 Å². The lowest BCUT2D eigenvalue weighted by Crippen LogP contribution is -1.98. The Kier molecular flexibility index (Phi) is 3.81. The first-order valence-corrected chi connectivity index (χ1v) is 3.94. The summed E-state index contributed by atoms with van der Waals surface area (Å²) in [6, 6.07) is 1.89. The highest BCUT2D eigenvalue weighted by Gasteiger charge is 1.89. The number of nitrogens with zero attached hydrogens (tertiary/aromatic N) is 3. The minimum atomic E-state index is 0.574. The number of aliphatic imine (C=N–C) groups is 1. The maximum absolute atomic E-state index is 9.69. The number of hydrogen-bond acceptors (Lipinski definition) is 3. The molecule has 64 valence electrons. The molecular formula is C8H11N3O. The standard InChI is InChI=1S/C8H11N3O/c12-8-9-4-1-2-6-11-7-3-5-10-11/h3,5,7H,1-2,4,6H2. The van der Waals surface area contributed by atoms with Crippen LogP contribution in [0.4, 0.5) is 0 Å². The highest BCUT2D eigenvalue weighted by atomic mass is 16.1. The van der Waals surface area contributed by atoms with E-state index in [0.29, 0.717) is 6.54 Å². The molecule has 0 spiro atoms. The van der Waals surface area contributed by atoms with Crippen LogP contribution >= 0.6 is 0 Å².